The normalized spacial score (nSPS) is 11.5. The number of fused-ring (bicyclic) bond motifs is 3. The van der Waals surface area contributed by atoms with Gasteiger partial charge in [0.1, 0.15) is 11.5 Å². The summed E-state index contributed by atoms with van der Waals surface area (Å²) in [7, 11) is 0. The van der Waals surface area contributed by atoms with Crippen LogP contribution in [-0.2, 0) is 0 Å². The van der Waals surface area contributed by atoms with Crippen molar-refractivity contribution >= 4 is 28.0 Å². The minimum Gasteiger partial charge on any atom is -0.360 e. The lowest BCUT2D eigenvalue weighted by Crippen LogP contribution is -1.93. The van der Waals surface area contributed by atoms with Crippen LogP contribution in [0.1, 0.15) is 5.76 Å². The highest BCUT2D eigenvalue weighted by Gasteiger charge is 2.22. The zero-order valence-corrected chi connectivity index (χ0v) is 14.6. The van der Waals surface area contributed by atoms with E-state index < -0.39 is 0 Å². The number of hydrogen-bond acceptors (Lipinski definition) is 4. The van der Waals surface area contributed by atoms with Crippen molar-refractivity contribution < 1.29 is 4.52 Å². The molecule has 5 rings (SSSR count). The van der Waals surface area contributed by atoms with E-state index in [0.717, 1.165) is 33.2 Å². The zero-order chi connectivity index (χ0) is 17.7. The Bertz CT molecular complexity index is 1260. The van der Waals surface area contributed by atoms with Gasteiger partial charge >= 0.3 is 0 Å². The number of rotatable bonds is 2. The Kier molecular flexibility index (Phi) is 3.30. The molecule has 26 heavy (non-hydrogen) atoms. The van der Waals surface area contributed by atoms with E-state index in [-0.39, 0.29) is 0 Å². The number of pyridine rings is 1. The Hall–Kier alpha value is -3.18. The van der Waals surface area contributed by atoms with Gasteiger partial charge in [-0.25, -0.2) is 0 Å². The van der Waals surface area contributed by atoms with Crippen molar-refractivity contribution in [1.29, 1.82) is 0 Å². The Morgan fingerprint density at radius 1 is 0.923 bits per heavy atom. The molecule has 0 aliphatic carbocycles. The van der Waals surface area contributed by atoms with Crippen molar-refractivity contribution in [1.82, 2.24) is 19.8 Å². The van der Waals surface area contributed by atoms with E-state index in [1.54, 1.807) is 0 Å². The van der Waals surface area contributed by atoms with Gasteiger partial charge in [0.2, 0.25) is 0 Å². The van der Waals surface area contributed by atoms with E-state index >= 15 is 0 Å². The number of aryl methyl sites for hydroxylation is 1. The highest BCUT2D eigenvalue weighted by Crippen LogP contribution is 2.35. The van der Waals surface area contributed by atoms with Gasteiger partial charge in [0.15, 0.2) is 11.5 Å². The van der Waals surface area contributed by atoms with Gasteiger partial charge in [0, 0.05) is 22.5 Å². The first kappa shape index (κ1) is 15.1. The molecule has 6 heteroatoms. The molecule has 5 nitrogen and oxygen atoms in total. The average molecular weight is 361 g/mol. The summed E-state index contributed by atoms with van der Waals surface area (Å²) in [5, 5.41) is 15.6. The van der Waals surface area contributed by atoms with Crippen LogP contribution in [0.2, 0.25) is 5.02 Å². The number of nitrogens with zero attached hydrogens (tertiary/aromatic N) is 4. The van der Waals surface area contributed by atoms with Gasteiger partial charge in [0.25, 0.3) is 0 Å². The van der Waals surface area contributed by atoms with Crippen molar-refractivity contribution in [2.24, 2.45) is 0 Å². The minimum atomic E-state index is 0.643. The molecule has 0 aliphatic rings. The molecule has 0 unspecified atom stereocenters. The lowest BCUT2D eigenvalue weighted by Gasteiger charge is -2.05. The predicted molar refractivity (Wildman–Crippen MR) is 101 cm³/mol. The number of benzene rings is 2. The van der Waals surface area contributed by atoms with Crippen molar-refractivity contribution in [3.05, 3.63) is 71.6 Å². The maximum absolute atomic E-state index is 6.51. The molecule has 126 valence electrons. The third-order valence-electron chi connectivity index (χ3n) is 4.50. The fourth-order valence-corrected chi connectivity index (χ4v) is 3.53. The Labute approximate surface area is 153 Å². The van der Waals surface area contributed by atoms with E-state index in [4.69, 9.17) is 16.1 Å². The van der Waals surface area contributed by atoms with Gasteiger partial charge in [-0.2, -0.15) is 0 Å². The largest absolute Gasteiger partial charge is 0.360 e. The molecule has 0 radical (unpaired) electrons. The van der Waals surface area contributed by atoms with Crippen LogP contribution in [0, 0.1) is 6.92 Å². The molecular formula is C20H13ClN4O. The number of halogens is 1. The quantitative estimate of drug-likeness (QED) is 0.436. The Morgan fingerprint density at radius 3 is 2.46 bits per heavy atom. The smallest absolute Gasteiger partial charge is 0.174 e. The van der Waals surface area contributed by atoms with E-state index in [1.807, 2.05) is 72.1 Å². The summed E-state index contributed by atoms with van der Waals surface area (Å²) in [5.41, 5.74) is 3.26. The van der Waals surface area contributed by atoms with E-state index in [0.29, 0.717) is 16.6 Å². The molecule has 0 aliphatic heterocycles. The van der Waals surface area contributed by atoms with Crippen LogP contribution in [0.15, 0.2) is 65.3 Å². The van der Waals surface area contributed by atoms with Crippen LogP contribution >= 0.6 is 11.6 Å². The summed E-state index contributed by atoms with van der Waals surface area (Å²) in [4.78, 5) is 0. The lowest BCUT2D eigenvalue weighted by molar-refractivity contribution is 0.400. The van der Waals surface area contributed by atoms with Gasteiger partial charge in [-0.3, -0.25) is 4.40 Å². The van der Waals surface area contributed by atoms with Crippen LogP contribution in [-0.4, -0.2) is 19.8 Å². The molecule has 0 saturated heterocycles. The highest BCUT2D eigenvalue weighted by atomic mass is 35.5. The van der Waals surface area contributed by atoms with Crippen molar-refractivity contribution in [2.45, 2.75) is 6.92 Å². The number of aromatic nitrogens is 4. The predicted octanol–water partition coefficient (Wildman–Crippen LogP) is 5.17. The van der Waals surface area contributed by atoms with E-state index in [1.165, 1.54) is 0 Å². The van der Waals surface area contributed by atoms with Crippen molar-refractivity contribution in [3.8, 4) is 22.6 Å². The van der Waals surface area contributed by atoms with Crippen LogP contribution < -0.4 is 0 Å². The molecule has 0 spiro atoms. The molecule has 3 aromatic heterocycles. The summed E-state index contributed by atoms with van der Waals surface area (Å²) in [6.07, 6.45) is 1.84. The topological polar surface area (TPSA) is 56.2 Å². The van der Waals surface area contributed by atoms with Crippen LogP contribution in [0.5, 0.6) is 0 Å². The third kappa shape index (κ3) is 2.14. The van der Waals surface area contributed by atoms with Crippen molar-refractivity contribution in [2.75, 3.05) is 0 Å². The second-order valence-corrected chi connectivity index (χ2v) is 6.48. The molecule has 0 fully saturated rings. The Balaban J connectivity index is 1.83. The van der Waals surface area contributed by atoms with Crippen molar-refractivity contribution in [3.63, 3.8) is 0 Å². The molecule has 0 amide bonds. The van der Waals surface area contributed by atoms with E-state index in [9.17, 15) is 0 Å². The molecule has 0 saturated carbocycles. The second kappa shape index (κ2) is 5.68. The molecule has 5 aromatic rings. The maximum Gasteiger partial charge on any atom is 0.174 e. The Morgan fingerprint density at radius 2 is 1.65 bits per heavy atom. The molecular weight excluding hydrogens is 348 g/mol. The first-order chi connectivity index (χ1) is 12.7. The SMILES string of the molecule is Cc1onc(-c2ccccc2)c1-c1nnc2c3ccccc3c(Cl)cn12. The van der Waals surface area contributed by atoms with Gasteiger partial charge in [0.05, 0.1) is 10.6 Å². The monoisotopic (exact) mass is 360 g/mol. The van der Waals surface area contributed by atoms with Crippen LogP contribution in [0.25, 0.3) is 39.1 Å². The van der Waals surface area contributed by atoms with Gasteiger partial charge < -0.3 is 4.52 Å². The molecule has 0 atom stereocenters. The summed E-state index contributed by atoms with van der Waals surface area (Å²) in [5.74, 6) is 1.34. The van der Waals surface area contributed by atoms with E-state index in [2.05, 4.69) is 15.4 Å². The highest BCUT2D eigenvalue weighted by molar-refractivity contribution is 6.36. The first-order valence-electron chi connectivity index (χ1n) is 8.18. The molecule has 0 bridgehead atoms. The molecule has 0 N–H and O–H groups in total. The summed E-state index contributed by atoms with van der Waals surface area (Å²) in [6.45, 7) is 1.87. The second-order valence-electron chi connectivity index (χ2n) is 6.07. The zero-order valence-electron chi connectivity index (χ0n) is 13.8. The summed E-state index contributed by atoms with van der Waals surface area (Å²) in [6, 6.07) is 17.8. The van der Waals surface area contributed by atoms with Crippen LogP contribution in [0.3, 0.4) is 0 Å². The van der Waals surface area contributed by atoms with Crippen LogP contribution in [0.4, 0.5) is 0 Å². The minimum absolute atomic E-state index is 0.643. The maximum atomic E-state index is 6.51. The standard InChI is InChI=1S/C20H13ClN4O/c1-12-17(18(24-26-12)13-7-3-2-4-8-13)20-23-22-19-15-10-6-5-9-14(15)16(21)11-25(19)20/h2-11H,1H3. The number of hydrogen-bond donors (Lipinski definition) is 0. The third-order valence-corrected chi connectivity index (χ3v) is 4.80. The van der Waals surface area contributed by atoms with Gasteiger partial charge in [-0.1, -0.05) is 71.4 Å². The van der Waals surface area contributed by atoms with Gasteiger partial charge in [-0.05, 0) is 6.92 Å². The first-order valence-corrected chi connectivity index (χ1v) is 8.56. The fourth-order valence-electron chi connectivity index (χ4n) is 3.27. The fraction of sp³-hybridized carbons (Fsp3) is 0.0500. The van der Waals surface area contributed by atoms with Gasteiger partial charge in [-0.15, -0.1) is 10.2 Å². The average Bonchev–Trinajstić information content (AvgIpc) is 3.26. The summed E-state index contributed by atoms with van der Waals surface area (Å²) >= 11 is 6.51. The molecule has 2 aromatic carbocycles. The lowest BCUT2D eigenvalue weighted by atomic mass is 10.1. The summed E-state index contributed by atoms with van der Waals surface area (Å²) < 4.78 is 7.38. The molecule has 3 heterocycles.